The van der Waals surface area contributed by atoms with Gasteiger partial charge in [-0.15, -0.1) is 10.2 Å². The second-order valence-corrected chi connectivity index (χ2v) is 8.26. The van der Waals surface area contributed by atoms with E-state index in [4.69, 9.17) is 9.26 Å². The Balaban J connectivity index is 1.25. The predicted molar refractivity (Wildman–Crippen MR) is 118 cm³/mol. The number of fused-ring (bicyclic) bond motifs is 1. The van der Waals surface area contributed by atoms with Crippen LogP contribution in [-0.4, -0.2) is 71.3 Å². The number of nitrogens with zero attached hydrogens (tertiary/aromatic N) is 5. The summed E-state index contributed by atoms with van der Waals surface area (Å²) in [5.74, 6) is 1.45. The largest absolute Gasteiger partial charge is 0.472 e. The lowest BCUT2D eigenvalue weighted by atomic mass is 10.0. The number of carbonyl (C=O) groups excluding carboxylic acids is 1. The SMILES string of the molecule is Cc1onc(-c2ccc(F)cc2)c1COc1ccc(N2CCN3CCNC(C=O)C3C2)nn1. The molecule has 0 amide bonds. The maximum atomic E-state index is 13.3. The van der Waals surface area contributed by atoms with Crippen molar-refractivity contribution >= 4 is 12.1 Å². The van der Waals surface area contributed by atoms with Crippen LogP contribution in [0.25, 0.3) is 11.3 Å². The minimum absolute atomic E-state index is 0.129. The number of piperazine rings is 2. The van der Waals surface area contributed by atoms with E-state index in [1.54, 1.807) is 25.1 Å². The fourth-order valence-corrected chi connectivity index (χ4v) is 4.42. The summed E-state index contributed by atoms with van der Waals surface area (Å²) in [5, 5.41) is 15.9. The summed E-state index contributed by atoms with van der Waals surface area (Å²) in [7, 11) is 0. The third kappa shape index (κ3) is 4.44. The standard InChI is InChI=1S/C23H25FN6O3/c1-15-18(23(28-33-15)16-2-4-17(24)5-3-16)14-32-22-7-6-21(26-27-22)30-11-10-29-9-8-25-19(13-31)20(29)12-30/h2-7,13,19-20,25H,8-12,14H2,1H3. The molecule has 0 aliphatic carbocycles. The van der Waals surface area contributed by atoms with Crippen molar-refractivity contribution in [3.8, 4) is 17.1 Å². The van der Waals surface area contributed by atoms with E-state index < -0.39 is 0 Å². The normalized spacial score (nSPS) is 21.0. The highest BCUT2D eigenvalue weighted by Gasteiger charge is 2.35. The first kappa shape index (κ1) is 21.5. The number of aryl methyl sites for hydroxylation is 1. The third-order valence-corrected chi connectivity index (χ3v) is 6.29. The second-order valence-electron chi connectivity index (χ2n) is 8.26. The van der Waals surface area contributed by atoms with E-state index in [1.165, 1.54) is 12.1 Å². The predicted octanol–water partition coefficient (Wildman–Crippen LogP) is 1.82. The number of aldehydes is 1. The molecule has 1 aromatic carbocycles. The average Bonchev–Trinajstić information content (AvgIpc) is 3.23. The van der Waals surface area contributed by atoms with Gasteiger partial charge in [-0.2, -0.15) is 0 Å². The molecule has 2 aliphatic heterocycles. The highest BCUT2D eigenvalue weighted by molar-refractivity contribution is 5.63. The quantitative estimate of drug-likeness (QED) is 0.562. The van der Waals surface area contributed by atoms with E-state index >= 15 is 0 Å². The van der Waals surface area contributed by atoms with E-state index in [1.807, 2.05) is 6.07 Å². The summed E-state index contributed by atoms with van der Waals surface area (Å²) in [6, 6.07) is 9.70. The molecule has 0 spiro atoms. The van der Waals surface area contributed by atoms with Crippen molar-refractivity contribution < 1.29 is 18.4 Å². The van der Waals surface area contributed by atoms with Gasteiger partial charge < -0.3 is 24.3 Å². The number of anilines is 1. The van der Waals surface area contributed by atoms with Crippen LogP contribution in [-0.2, 0) is 11.4 Å². The molecule has 3 aromatic rings. The van der Waals surface area contributed by atoms with Gasteiger partial charge in [0.1, 0.15) is 30.2 Å². The van der Waals surface area contributed by atoms with Gasteiger partial charge in [0, 0.05) is 50.4 Å². The van der Waals surface area contributed by atoms with Crippen molar-refractivity contribution in [2.75, 3.05) is 37.6 Å². The molecule has 1 N–H and O–H groups in total. The number of aromatic nitrogens is 3. The van der Waals surface area contributed by atoms with E-state index in [-0.39, 0.29) is 24.5 Å². The molecule has 9 nitrogen and oxygen atoms in total. The van der Waals surface area contributed by atoms with E-state index in [2.05, 4.69) is 30.5 Å². The number of halogens is 1. The molecule has 2 aromatic heterocycles. The molecule has 2 atom stereocenters. The molecule has 0 saturated carbocycles. The number of hydrogen-bond acceptors (Lipinski definition) is 9. The smallest absolute Gasteiger partial charge is 0.233 e. The van der Waals surface area contributed by atoms with Crippen LogP contribution in [0.5, 0.6) is 5.88 Å². The molecule has 33 heavy (non-hydrogen) atoms. The number of rotatable bonds is 6. The Morgan fingerprint density at radius 3 is 2.79 bits per heavy atom. The molecule has 2 fully saturated rings. The van der Waals surface area contributed by atoms with Crippen molar-refractivity contribution in [3.05, 3.63) is 53.5 Å². The first-order chi connectivity index (χ1) is 16.1. The van der Waals surface area contributed by atoms with Gasteiger partial charge in [0.05, 0.1) is 11.6 Å². The first-order valence-corrected chi connectivity index (χ1v) is 11.0. The highest BCUT2D eigenvalue weighted by Crippen LogP contribution is 2.27. The molecular weight excluding hydrogens is 427 g/mol. The lowest BCUT2D eigenvalue weighted by Crippen LogP contribution is -2.66. The number of ether oxygens (including phenoxy) is 1. The van der Waals surface area contributed by atoms with Crippen molar-refractivity contribution in [1.29, 1.82) is 0 Å². The molecule has 172 valence electrons. The van der Waals surface area contributed by atoms with Gasteiger partial charge in [0.25, 0.3) is 0 Å². The fraction of sp³-hybridized carbons (Fsp3) is 0.391. The molecule has 2 unspecified atom stereocenters. The van der Waals surface area contributed by atoms with Gasteiger partial charge in [0.2, 0.25) is 5.88 Å². The van der Waals surface area contributed by atoms with Crippen molar-refractivity contribution in [2.45, 2.75) is 25.6 Å². The lowest BCUT2D eigenvalue weighted by molar-refractivity contribution is -0.112. The topological polar surface area (TPSA) is 96.6 Å². The van der Waals surface area contributed by atoms with Crippen LogP contribution in [0, 0.1) is 12.7 Å². The first-order valence-electron chi connectivity index (χ1n) is 11.0. The summed E-state index contributed by atoms with van der Waals surface area (Å²) in [5.41, 5.74) is 2.13. The lowest BCUT2D eigenvalue weighted by Gasteiger charge is -2.46. The Hall–Kier alpha value is -3.37. The number of carbonyl (C=O) groups is 1. The van der Waals surface area contributed by atoms with Gasteiger partial charge in [-0.05, 0) is 37.3 Å². The number of nitrogens with one attached hydrogen (secondary N) is 1. The van der Waals surface area contributed by atoms with Crippen LogP contribution >= 0.6 is 0 Å². The molecule has 0 bridgehead atoms. The zero-order chi connectivity index (χ0) is 22.8. The van der Waals surface area contributed by atoms with Gasteiger partial charge in [-0.25, -0.2) is 4.39 Å². The van der Waals surface area contributed by atoms with Crippen LogP contribution in [0.1, 0.15) is 11.3 Å². The maximum Gasteiger partial charge on any atom is 0.233 e. The highest BCUT2D eigenvalue weighted by atomic mass is 19.1. The Morgan fingerprint density at radius 1 is 1.18 bits per heavy atom. The van der Waals surface area contributed by atoms with Crippen LogP contribution in [0.2, 0.25) is 0 Å². The molecular formula is C23H25FN6O3. The van der Waals surface area contributed by atoms with Gasteiger partial charge in [-0.1, -0.05) is 5.16 Å². The zero-order valence-corrected chi connectivity index (χ0v) is 18.3. The summed E-state index contributed by atoms with van der Waals surface area (Å²) >= 11 is 0. The summed E-state index contributed by atoms with van der Waals surface area (Å²) < 4.78 is 24.4. The van der Waals surface area contributed by atoms with Gasteiger partial charge in [0.15, 0.2) is 5.82 Å². The van der Waals surface area contributed by atoms with Crippen LogP contribution in [0.3, 0.4) is 0 Å². The summed E-state index contributed by atoms with van der Waals surface area (Å²) in [6.07, 6.45) is 0.996. The monoisotopic (exact) mass is 452 g/mol. The van der Waals surface area contributed by atoms with Crippen molar-refractivity contribution in [2.24, 2.45) is 0 Å². The molecule has 10 heteroatoms. The summed E-state index contributed by atoms with van der Waals surface area (Å²) in [6.45, 7) is 6.22. The zero-order valence-electron chi connectivity index (χ0n) is 18.3. The second kappa shape index (κ2) is 9.24. The minimum atomic E-state index is -0.310. The number of hydrogen-bond donors (Lipinski definition) is 1. The maximum absolute atomic E-state index is 13.3. The minimum Gasteiger partial charge on any atom is -0.472 e. The van der Waals surface area contributed by atoms with Crippen molar-refractivity contribution in [3.63, 3.8) is 0 Å². The van der Waals surface area contributed by atoms with E-state index in [0.717, 1.165) is 49.4 Å². The Bertz CT molecular complexity index is 1100. The number of benzene rings is 1. The van der Waals surface area contributed by atoms with Gasteiger partial charge >= 0.3 is 0 Å². The van der Waals surface area contributed by atoms with Crippen molar-refractivity contribution in [1.82, 2.24) is 25.6 Å². The molecule has 4 heterocycles. The fourth-order valence-electron chi connectivity index (χ4n) is 4.42. The molecule has 0 radical (unpaired) electrons. The molecule has 2 aliphatic rings. The third-order valence-electron chi connectivity index (χ3n) is 6.29. The Labute approximate surface area is 190 Å². The molecule has 2 saturated heterocycles. The van der Waals surface area contributed by atoms with Crippen LogP contribution in [0.4, 0.5) is 10.2 Å². The van der Waals surface area contributed by atoms with E-state index in [9.17, 15) is 9.18 Å². The van der Waals surface area contributed by atoms with Gasteiger partial charge in [-0.3, -0.25) is 4.90 Å². The average molecular weight is 452 g/mol. The Morgan fingerprint density at radius 2 is 2.03 bits per heavy atom. The Kier molecular flexibility index (Phi) is 6.01. The van der Waals surface area contributed by atoms with E-state index in [0.29, 0.717) is 23.9 Å². The van der Waals surface area contributed by atoms with Crippen LogP contribution < -0.4 is 15.0 Å². The summed E-state index contributed by atoms with van der Waals surface area (Å²) in [4.78, 5) is 16.0. The molecule has 5 rings (SSSR count). The van der Waals surface area contributed by atoms with Crippen LogP contribution in [0.15, 0.2) is 40.9 Å².